The minimum absolute atomic E-state index is 0.187. The summed E-state index contributed by atoms with van der Waals surface area (Å²) in [7, 11) is -1.26. The molecule has 0 aromatic carbocycles. The zero-order valence-electron chi connectivity index (χ0n) is 10.9. The molecule has 19 heavy (non-hydrogen) atoms. The van der Waals surface area contributed by atoms with Crippen molar-refractivity contribution in [1.82, 2.24) is 8.61 Å². The van der Waals surface area contributed by atoms with Gasteiger partial charge in [0.05, 0.1) is 13.0 Å². The van der Waals surface area contributed by atoms with E-state index >= 15 is 0 Å². The minimum atomic E-state index is -3.78. The monoisotopic (exact) mass is 294 g/mol. The van der Waals surface area contributed by atoms with Gasteiger partial charge in [0.15, 0.2) is 0 Å². The Morgan fingerprint density at radius 2 is 1.89 bits per heavy atom. The van der Waals surface area contributed by atoms with Gasteiger partial charge in [-0.25, -0.2) is 0 Å². The highest BCUT2D eigenvalue weighted by Crippen LogP contribution is 2.21. The number of rotatable bonds is 5. The summed E-state index contributed by atoms with van der Waals surface area (Å²) in [5.41, 5.74) is 0. The third-order valence-electron chi connectivity index (χ3n) is 3.07. The van der Waals surface area contributed by atoms with Crippen LogP contribution in [0.2, 0.25) is 0 Å². The number of methoxy groups -OCH3 is 1. The number of piperidine rings is 1. The number of carbonyl (C=O) groups is 2. The molecule has 1 heterocycles. The van der Waals surface area contributed by atoms with Crippen molar-refractivity contribution < 1.29 is 27.9 Å². The van der Waals surface area contributed by atoms with E-state index in [-0.39, 0.29) is 25.0 Å². The van der Waals surface area contributed by atoms with E-state index in [1.54, 1.807) is 0 Å². The third kappa shape index (κ3) is 3.88. The Kier molecular flexibility index (Phi) is 5.27. The Morgan fingerprint density at radius 1 is 1.37 bits per heavy atom. The van der Waals surface area contributed by atoms with Gasteiger partial charge in [-0.15, -0.1) is 0 Å². The number of nitrogens with zero attached hydrogens (tertiary/aromatic N) is 2. The fourth-order valence-electron chi connectivity index (χ4n) is 1.96. The van der Waals surface area contributed by atoms with Gasteiger partial charge >= 0.3 is 11.9 Å². The Hall–Kier alpha value is -1.19. The molecule has 0 spiro atoms. The highest BCUT2D eigenvalue weighted by Gasteiger charge is 2.34. The standard InChI is InChI=1S/C10H18N2O6S/c1-11(7-9(13)14)19(16,17)12-5-3-8(4-6-12)10(15)18-2/h8H,3-7H2,1-2H3,(H,13,14). The Labute approximate surface area is 112 Å². The molecule has 0 aliphatic carbocycles. The summed E-state index contributed by atoms with van der Waals surface area (Å²) in [6.07, 6.45) is 0.764. The second-order valence-corrected chi connectivity index (χ2v) is 6.39. The molecule has 0 amide bonds. The van der Waals surface area contributed by atoms with Gasteiger partial charge in [0.2, 0.25) is 0 Å². The first kappa shape index (κ1) is 15.9. The van der Waals surface area contributed by atoms with Crippen LogP contribution < -0.4 is 0 Å². The van der Waals surface area contributed by atoms with Crippen LogP contribution in [0.1, 0.15) is 12.8 Å². The Morgan fingerprint density at radius 3 is 2.32 bits per heavy atom. The van der Waals surface area contributed by atoms with Gasteiger partial charge in [-0.2, -0.15) is 17.0 Å². The molecule has 1 fully saturated rings. The first-order valence-electron chi connectivity index (χ1n) is 5.80. The number of carboxylic acid groups (broad SMARTS) is 1. The van der Waals surface area contributed by atoms with Crippen LogP contribution in [0.3, 0.4) is 0 Å². The molecular weight excluding hydrogens is 276 g/mol. The van der Waals surface area contributed by atoms with E-state index in [1.165, 1.54) is 18.5 Å². The van der Waals surface area contributed by atoms with Gasteiger partial charge in [-0.3, -0.25) is 9.59 Å². The van der Waals surface area contributed by atoms with Gasteiger partial charge in [-0.1, -0.05) is 0 Å². The summed E-state index contributed by atoms with van der Waals surface area (Å²) >= 11 is 0. The van der Waals surface area contributed by atoms with E-state index in [0.29, 0.717) is 12.8 Å². The number of carboxylic acids is 1. The Balaban J connectivity index is 2.64. The number of carbonyl (C=O) groups excluding carboxylic acids is 1. The van der Waals surface area contributed by atoms with Crippen LogP contribution in [-0.4, -0.2) is 67.9 Å². The van der Waals surface area contributed by atoms with Gasteiger partial charge < -0.3 is 9.84 Å². The van der Waals surface area contributed by atoms with Crippen molar-refractivity contribution >= 4 is 22.1 Å². The average Bonchev–Trinajstić information content (AvgIpc) is 2.37. The topological polar surface area (TPSA) is 104 Å². The molecular formula is C10H18N2O6S. The smallest absolute Gasteiger partial charge is 0.318 e. The molecule has 0 saturated carbocycles. The molecule has 0 aromatic rings. The van der Waals surface area contributed by atoms with E-state index < -0.39 is 22.7 Å². The highest BCUT2D eigenvalue weighted by molar-refractivity contribution is 7.86. The zero-order valence-corrected chi connectivity index (χ0v) is 11.7. The minimum Gasteiger partial charge on any atom is -0.480 e. The van der Waals surface area contributed by atoms with Gasteiger partial charge in [0.25, 0.3) is 10.2 Å². The second kappa shape index (κ2) is 6.31. The van der Waals surface area contributed by atoms with Crippen LogP contribution in [0.5, 0.6) is 0 Å². The molecule has 8 nitrogen and oxygen atoms in total. The number of esters is 1. The molecule has 110 valence electrons. The SMILES string of the molecule is COC(=O)C1CCN(S(=O)(=O)N(C)CC(=O)O)CC1. The first-order valence-corrected chi connectivity index (χ1v) is 7.19. The lowest BCUT2D eigenvalue weighted by Crippen LogP contribution is -2.47. The summed E-state index contributed by atoms with van der Waals surface area (Å²) in [6, 6.07) is 0. The lowest BCUT2D eigenvalue weighted by atomic mass is 9.99. The van der Waals surface area contributed by atoms with Crippen LogP contribution in [-0.2, 0) is 24.5 Å². The van der Waals surface area contributed by atoms with Crippen molar-refractivity contribution in [3.63, 3.8) is 0 Å². The summed E-state index contributed by atoms with van der Waals surface area (Å²) in [6.45, 7) is -0.211. The molecule has 1 rings (SSSR count). The van der Waals surface area contributed by atoms with E-state index in [0.717, 1.165) is 4.31 Å². The third-order valence-corrected chi connectivity index (χ3v) is 5.00. The van der Waals surface area contributed by atoms with Gasteiger partial charge in [0, 0.05) is 20.1 Å². The number of aliphatic carboxylic acids is 1. The summed E-state index contributed by atoms with van der Waals surface area (Å²) in [5, 5.41) is 8.61. The molecule has 9 heteroatoms. The van der Waals surface area contributed by atoms with Crippen LogP contribution >= 0.6 is 0 Å². The second-order valence-electron chi connectivity index (χ2n) is 4.35. The fraction of sp³-hybridized carbons (Fsp3) is 0.800. The van der Waals surface area contributed by atoms with Crippen LogP contribution in [0, 0.1) is 5.92 Å². The molecule has 1 aliphatic rings. The van der Waals surface area contributed by atoms with E-state index in [2.05, 4.69) is 4.74 Å². The predicted octanol–water partition coefficient (Wildman–Crippen LogP) is -0.867. The highest BCUT2D eigenvalue weighted by atomic mass is 32.2. The van der Waals surface area contributed by atoms with Gasteiger partial charge in [0.1, 0.15) is 6.54 Å². The molecule has 1 aliphatic heterocycles. The van der Waals surface area contributed by atoms with Gasteiger partial charge in [-0.05, 0) is 12.8 Å². The number of ether oxygens (including phenoxy) is 1. The maximum atomic E-state index is 12.0. The molecule has 0 unspecified atom stereocenters. The van der Waals surface area contributed by atoms with Crippen molar-refractivity contribution in [3.8, 4) is 0 Å². The molecule has 0 aromatic heterocycles. The lowest BCUT2D eigenvalue weighted by Gasteiger charge is -2.32. The lowest BCUT2D eigenvalue weighted by molar-refractivity contribution is -0.146. The largest absolute Gasteiger partial charge is 0.480 e. The molecule has 1 saturated heterocycles. The maximum absolute atomic E-state index is 12.0. The normalized spacial score (nSPS) is 18.5. The molecule has 1 N–H and O–H groups in total. The van der Waals surface area contributed by atoms with E-state index in [4.69, 9.17) is 5.11 Å². The van der Waals surface area contributed by atoms with Crippen LogP contribution in [0.4, 0.5) is 0 Å². The van der Waals surface area contributed by atoms with Crippen molar-refractivity contribution in [2.75, 3.05) is 33.8 Å². The molecule has 0 radical (unpaired) electrons. The zero-order chi connectivity index (χ0) is 14.6. The van der Waals surface area contributed by atoms with Crippen molar-refractivity contribution in [3.05, 3.63) is 0 Å². The van der Waals surface area contributed by atoms with Crippen molar-refractivity contribution in [2.24, 2.45) is 5.92 Å². The fourth-order valence-corrected chi connectivity index (χ4v) is 3.30. The summed E-state index contributed by atoms with van der Waals surface area (Å²) in [5.74, 6) is -1.84. The average molecular weight is 294 g/mol. The van der Waals surface area contributed by atoms with Crippen LogP contribution in [0.25, 0.3) is 0 Å². The number of hydrogen-bond donors (Lipinski definition) is 1. The molecule has 0 bridgehead atoms. The molecule has 0 atom stereocenters. The summed E-state index contributed by atoms with van der Waals surface area (Å²) in [4.78, 5) is 21.9. The number of hydrogen-bond acceptors (Lipinski definition) is 5. The van der Waals surface area contributed by atoms with Crippen molar-refractivity contribution in [1.29, 1.82) is 0 Å². The quantitative estimate of drug-likeness (QED) is 0.661. The van der Waals surface area contributed by atoms with E-state index in [9.17, 15) is 18.0 Å². The predicted molar refractivity (Wildman–Crippen MR) is 65.5 cm³/mol. The number of likely N-dealkylation sites (N-methyl/N-ethyl adjacent to an activating group) is 1. The maximum Gasteiger partial charge on any atom is 0.318 e. The van der Waals surface area contributed by atoms with E-state index in [1.807, 2.05) is 0 Å². The van der Waals surface area contributed by atoms with Crippen molar-refractivity contribution in [2.45, 2.75) is 12.8 Å². The Bertz CT molecular complexity index is 441. The van der Waals surface area contributed by atoms with Crippen LogP contribution in [0.15, 0.2) is 0 Å². The summed E-state index contributed by atoms with van der Waals surface area (Å²) < 4.78 is 30.7. The first-order chi connectivity index (χ1) is 8.78.